The number of aromatic amines is 1. The first-order valence-electron chi connectivity index (χ1n) is 8.34. The minimum absolute atomic E-state index is 0.198. The van der Waals surface area contributed by atoms with Gasteiger partial charge in [0.25, 0.3) is 0 Å². The number of carbonyl (C=O) groups excluding carboxylic acids is 1. The van der Waals surface area contributed by atoms with Crippen LogP contribution in [0.3, 0.4) is 0 Å². The topological polar surface area (TPSA) is 69.1 Å². The van der Waals surface area contributed by atoms with Crippen molar-refractivity contribution < 1.29 is 9.53 Å². The van der Waals surface area contributed by atoms with E-state index < -0.39 is 5.41 Å². The van der Waals surface area contributed by atoms with E-state index in [1.54, 1.807) is 0 Å². The SMILES string of the molecule is COC(=O)[C@@]1(CC#N)C[C@@H]2c3cccc4[nH]cc(c34)C[C@H]2N(C)C1. The molecular weight excluding hydrogens is 302 g/mol. The lowest BCUT2D eigenvalue weighted by Crippen LogP contribution is -2.55. The van der Waals surface area contributed by atoms with E-state index in [-0.39, 0.29) is 18.3 Å². The van der Waals surface area contributed by atoms with E-state index in [4.69, 9.17) is 4.74 Å². The Morgan fingerprint density at radius 2 is 2.38 bits per heavy atom. The number of likely N-dealkylation sites (tertiary alicyclic amines) is 1. The first kappa shape index (κ1) is 15.2. The summed E-state index contributed by atoms with van der Waals surface area (Å²) in [6, 6.07) is 8.91. The molecule has 0 bridgehead atoms. The van der Waals surface area contributed by atoms with Gasteiger partial charge in [0.2, 0.25) is 0 Å². The van der Waals surface area contributed by atoms with Crippen molar-refractivity contribution in [3.63, 3.8) is 0 Å². The smallest absolute Gasteiger partial charge is 0.314 e. The largest absolute Gasteiger partial charge is 0.469 e. The molecule has 1 aliphatic heterocycles. The average Bonchev–Trinajstić information content (AvgIpc) is 3.00. The Balaban J connectivity index is 1.84. The fourth-order valence-corrected chi connectivity index (χ4v) is 4.84. The zero-order chi connectivity index (χ0) is 16.9. The highest BCUT2D eigenvalue weighted by Crippen LogP contribution is 2.49. The zero-order valence-corrected chi connectivity index (χ0v) is 14.0. The molecule has 1 N–H and O–H groups in total. The fourth-order valence-electron chi connectivity index (χ4n) is 4.84. The molecule has 2 aliphatic rings. The second kappa shape index (κ2) is 5.35. The second-order valence-corrected chi connectivity index (χ2v) is 7.19. The number of hydrogen-bond acceptors (Lipinski definition) is 4. The number of H-pyrrole nitrogens is 1. The monoisotopic (exact) mass is 323 g/mol. The number of carbonyl (C=O) groups is 1. The van der Waals surface area contributed by atoms with Crippen molar-refractivity contribution in [2.24, 2.45) is 5.41 Å². The maximum atomic E-state index is 12.5. The van der Waals surface area contributed by atoms with E-state index in [0.29, 0.717) is 19.0 Å². The van der Waals surface area contributed by atoms with Crippen LogP contribution in [0.4, 0.5) is 0 Å². The van der Waals surface area contributed by atoms with Crippen molar-refractivity contribution in [1.82, 2.24) is 9.88 Å². The van der Waals surface area contributed by atoms with Gasteiger partial charge in [0.05, 0.1) is 25.0 Å². The van der Waals surface area contributed by atoms with Crippen LogP contribution in [0.25, 0.3) is 10.9 Å². The molecule has 0 saturated carbocycles. The molecule has 1 aromatic heterocycles. The molecule has 2 heterocycles. The molecule has 0 unspecified atom stereocenters. The summed E-state index contributed by atoms with van der Waals surface area (Å²) in [5.74, 6) is -0.0235. The third-order valence-corrected chi connectivity index (χ3v) is 5.88. The van der Waals surface area contributed by atoms with Crippen LogP contribution in [0.2, 0.25) is 0 Å². The maximum absolute atomic E-state index is 12.5. The second-order valence-electron chi connectivity index (χ2n) is 7.19. The average molecular weight is 323 g/mol. The molecule has 124 valence electrons. The number of benzene rings is 1. The van der Waals surface area contributed by atoms with Crippen molar-refractivity contribution >= 4 is 16.9 Å². The van der Waals surface area contributed by atoms with Crippen molar-refractivity contribution in [2.45, 2.75) is 31.2 Å². The van der Waals surface area contributed by atoms with Crippen molar-refractivity contribution in [3.8, 4) is 6.07 Å². The van der Waals surface area contributed by atoms with Crippen LogP contribution in [-0.4, -0.2) is 42.6 Å². The number of nitrogens with zero attached hydrogens (tertiary/aromatic N) is 2. The number of methoxy groups -OCH3 is 1. The Morgan fingerprint density at radius 3 is 3.12 bits per heavy atom. The van der Waals surface area contributed by atoms with Gasteiger partial charge in [-0.2, -0.15) is 5.26 Å². The summed E-state index contributed by atoms with van der Waals surface area (Å²) in [4.78, 5) is 18.1. The Hall–Kier alpha value is -2.32. The van der Waals surface area contributed by atoms with Crippen LogP contribution >= 0.6 is 0 Å². The highest BCUT2D eigenvalue weighted by atomic mass is 16.5. The Morgan fingerprint density at radius 1 is 1.54 bits per heavy atom. The van der Waals surface area contributed by atoms with E-state index in [1.165, 1.54) is 23.6 Å². The van der Waals surface area contributed by atoms with Crippen LogP contribution in [0.15, 0.2) is 24.4 Å². The summed E-state index contributed by atoms with van der Waals surface area (Å²) >= 11 is 0. The lowest BCUT2D eigenvalue weighted by atomic mass is 9.65. The normalized spacial score (nSPS) is 29.0. The number of piperidine rings is 1. The van der Waals surface area contributed by atoms with E-state index in [1.807, 2.05) is 0 Å². The Bertz CT molecular complexity index is 850. The molecule has 5 nitrogen and oxygen atoms in total. The molecule has 1 saturated heterocycles. The van der Waals surface area contributed by atoms with Crippen molar-refractivity contribution in [1.29, 1.82) is 5.26 Å². The Kier molecular flexibility index (Phi) is 3.40. The van der Waals surface area contributed by atoms with Gasteiger partial charge in [0, 0.05) is 35.6 Å². The number of ether oxygens (including phenoxy) is 1. The molecule has 0 radical (unpaired) electrons. The molecule has 5 heteroatoms. The van der Waals surface area contributed by atoms with Gasteiger partial charge in [-0.3, -0.25) is 4.79 Å². The maximum Gasteiger partial charge on any atom is 0.314 e. The standard InChI is InChI=1S/C19H21N3O2/c1-22-11-19(6-7-20,18(23)24-2)9-14-13-4-3-5-15-17(13)12(10-21-15)8-16(14)22/h3-5,10,14,16,21H,6,8-9,11H2,1-2H3/t14-,16-,19+/m1/s1. The summed E-state index contributed by atoms with van der Waals surface area (Å²) in [5.41, 5.74) is 3.05. The zero-order valence-electron chi connectivity index (χ0n) is 14.0. The lowest BCUT2D eigenvalue weighted by Gasteiger charge is -2.49. The first-order chi connectivity index (χ1) is 11.6. The van der Waals surface area contributed by atoms with E-state index in [9.17, 15) is 10.1 Å². The van der Waals surface area contributed by atoms with Gasteiger partial charge in [-0.15, -0.1) is 0 Å². The minimum Gasteiger partial charge on any atom is -0.469 e. The third kappa shape index (κ3) is 1.99. The molecule has 1 aliphatic carbocycles. The number of fused-ring (bicyclic) bond motifs is 2. The fraction of sp³-hybridized carbons (Fsp3) is 0.474. The minimum atomic E-state index is -0.741. The highest BCUT2D eigenvalue weighted by molar-refractivity contribution is 5.88. The van der Waals surface area contributed by atoms with Gasteiger partial charge in [-0.05, 0) is 37.1 Å². The molecule has 1 fully saturated rings. The molecule has 24 heavy (non-hydrogen) atoms. The number of rotatable bonds is 2. The van der Waals surface area contributed by atoms with Crippen LogP contribution in [0.5, 0.6) is 0 Å². The number of likely N-dealkylation sites (N-methyl/N-ethyl adjacent to an activating group) is 1. The number of nitrogens with one attached hydrogen (secondary N) is 1. The molecule has 0 spiro atoms. The van der Waals surface area contributed by atoms with Crippen molar-refractivity contribution in [3.05, 3.63) is 35.5 Å². The first-order valence-corrected chi connectivity index (χ1v) is 8.34. The van der Waals surface area contributed by atoms with Crippen LogP contribution < -0.4 is 0 Å². The van der Waals surface area contributed by atoms with Crippen LogP contribution in [0.1, 0.15) is 29.9 Å². The van der Waals surface area contributed by atoms with E-state index in [2.05, 4.69) is 47.4 Å². The molecule has 0 amide bonds. The predicted molar refractivity (Wildman–Crippen MR) is 90.5 cm³/mol. The summed E-state index contributed by atoms with van der Waals surface area (Å²) in [6.07, 6.45) is 3.95. The number of aromatic nitrogens is 1. The predicted octanol–water partition coefficient (Wildman–Crippen LogP) is 2.58. The summed E-state index contributed by atoms with van der Waals surface area (Å²) < 4.78 is 5.08. The summed E-state index contributed by atoms with van der Waals surface area (Å²) in [7, 11) is 3.48. The molecule has 4 rings (SSSR count). The molecule has 3 atom stereocenters. The summed E-state index contributed by atoms with van der Waals surface area (Å²) in [6.45, 7) is 0.574. The molecule has 2 aromatic rings. The third-order valence-electron chi connectivity index (χ3n) is 5.88. The van der Waals surface area contributed by atoms with Gasteiger partial charge in [-0.1, -0.05) is 12.1 Å². The van der Waals surface area contributed by atoms with Gasteiger partial charge in [0.15, 0.2) is 0 Å². The number of esters is 1. The van der Waals surface area contributed by atoms with Crippen LogP contribution in [0, 0.1) is 16.7 Å². The van der Waals surface area contributed by atoms with Gasteiger partial charge in [-0.25, -0.2) is 0 Å². The number of nitriles is 1. The van der Waals surface area contributed by atoms with Gasteiger partial charge in [0.1, 0.15) is 0 Å². The van der Waals surface area contributed by atoms with Crippen molar-refractivity contribution in [2.75, 3.05) is 20.7 Å². The molecular formula is C19H21N3O2. The number of hydrogen-bond donors (Lipinski definition) is 1. The highest BCUT2D eigenvalue weighted by Gasteiger charge is 2.51. The quantitative estimate of drug-likeness (QED) is 0.863. The lowest BCUT2D eigenvalue weighted by molar-refractivity contribution is -0.157. The Labute approximate surface area is 141 Å². The van der Waals surface area contributed by atoms with Gasteiger partial charge >= 0.3 is 5.97 Å². The summed E-state index contributed by atoms with van der Waals surface area (Å²) in [5, 5.41) is 10.6. The van der Waals surface area contributed by atoms with E-state index >= 15 is 0 Å². The van der Waals surface area contributed by atoms with Gasteiger partial charge < -0.3 is 14.6 Å². The van der Waals surface area contributed by atoms with Crippen LogP contribution in [-0.2, 0) is 16.0 Å². The molecule has 1 aromatic carbocycles. The van der Waals surface area contributed by atoms with E-state index in [0.717, 1.165) is 11.9 Å².